The molecule has 1 aliphatic carbocycles. The first-order valence-corrected chi connectivity index (χ1v) is 7.04. The number of amides is 1. The van der Waals surface area contributed by atoms with Gasteiger partial charge in [-0.2, -0.15) is 0 Å². The molecule has 1 rings (SSSR count). The zero-order valence-corrected chi connectivity index (χ0v) is 12.4. The SMILES string of the molecule is CNCC1CCCC1C(=O)C(NC(=O)OC)C(C)C. The van der Waals surface area contributed by atoms with E-state index in [1.165, 1.54) is 7.11 Å². The third kappa shape index (κ3) is 4.20. The first kappa shape index (κ1) is 16.0. The molecule has 0 bridgehead atoms. The monoisotopic (exact) mass is 270 g/mol. The van der Waals surface area contributed by atoms with Crippen molar-refractivity contribution >= 4 is 11.9 Å². The molecule has 1 fully saturated rings. The maximum Gasteiger partial charge on any atom is 0.407 e. The Morgan fingerprint density at radius 1 is 1.32 bits per heavy atom. The number of hydrogen-bond donors (Lipinski definition) is 2. The van der Waals surface area contributed by atoms with E-state index in [0.29, 0.717) is 5.92 Å². The van der Waals surface area contributed by atoms with Crippen molar-refractivity contribution in [2.75, 3.05) is 20.7 Å². The van der Waals surface area contributed by atoms with Crippen molar-refractivity contribution in [1.29, 1.82) is 0 Å². The Bertz CT molecular complexity index is 318. The number of ether oxygens (including phenoxy) is 1. The third-order valence-electron chi connectivity index (χ3n) is 3.92. The van der Waals surface area contributed by atoms with Crippen LogP contribution in [0.2, 0.25) is 0 Å². The zero-order chi connectivity index (χ0) is 14.4. The number of Topliss-reactive ketones (excluding diaryl/α,β-unsaturated/α-hetero) is 1. The summed E-state index contributed by atoms with van der Waals surface area (Å²) in [5.74, 6) is 0.663. The first-order valence-electron chi connectivity index (χ1n) is 7.04. The van der Waals surface area contributed by atoms with Crippen LogP contribution in [0.5, 0.6) is 0 Å². The molecule has 0 aliphatic heterocycles. The minimum absolute atomic E-state index is 0.0528. The summed E-state index contributed by atoms with van der Waals surface area (Å²) in [4.78, 5) is 24.0. The maximum absolute atomic E-state index is 12.6. The number of rotatable bonds is 6. The molecular formula is C14H26N2O3. The van der Waals surface area contributed by atoms with Gasteiger partial charge < -0.3 is 15.4 Å². The molecular weight excluding hydrogens is 244 g/mol. The molecule has 0 aromatic rings. The van der Waals surface area contributed by atoms with Crippen molar-refractivity contribution in [3.63, 3.8) is 0 Å². The van der Waals surface area contributed by atoms with Gasteiger partial charge in [0.1, 0.15) is 0 Å². The second-order valence-electron chi connectivity index (χ2n) is 5.62. The molecule has 1 aliphatic rings. The van der Waals surface area contributed by atoms with Crippen LogP contribution in [-0.4, -0.2) is 38.6 Å². The van der Waals surface area contributed by atoms with E-state index in [2.05, 4.69) is 15.4 Å². The minimum atomic E-state index is -0.532. The van der Waals surface area contributed by atoms with E-state index in [-0.39, 0.29) is 17.6 Å². The van der Waals surface area contributed by atoms with Gasteiger partial charge in [0.05, 0.1) is 13.2 Å². The van der Waals surface area contributed by atoms with Crippen LogP contribution in [0.15, 0.2) is 0 Å². The van der Waals surface area contributed by atoms with Crippen LogP contribution in [0.1, 0.15) is 33.1 Å². The lowest BCUT2D eigenvalue weighted by Crippen LogP contribution is -2.48. The number of hydrogen-bond acceptors (Lipinski definition) is 4. The molecule has 5 heteroatoms. The lowest BCUT2D eigenvalue weighted by Gasteiger charge is -2.26. The van der Waals surface area contributed by atoms with E-state index in [1.807, 2.05) is 20.9 Å². The fraction of sp³-hybridized carbons (Fsp3) is 0.857. The molecule has 0 heterocycles. The van der Waals surface area contributed by atoms with Crippen LogP contribution >= 0.6 is 0 Å². The average Bonchev–Trinajstić information content (AvgIpc) is 2.83. The zero-order valence-electron chi connectivity index (χ0n) is 12.4. The number of methoxy groups -OCH3 is 1. The van der Waals surface area contributed by atoms with Crippen LogP contribution in [0, 0.1) is 17.8 Å². The Balaban J connectivity index is 2.72. The second-order valence-corrected chi connectivity index (χ2v) is 5.62. The molecule has 3 unspecified atom stereocenters. The van der Waals surface area contributed by atoms with Crippen LogP contribution in [-0.2, 0) is 9.53 Å². The van der Waals surface area contributed by atoms with Gasteiger partial charge >= 0.3 is 6.09 Å². The van der Waals surface area contributed by atoms with Crippen molar-refractivity contribution in [3.8, 4) is 0 Å². The van der Waals surface area contributed by atoms with Gasteiger partial charge in [0.2, 0.25) is 0 Å². The van der Waals surface area contributed by atoms with Gasteiger partial charge in [-0.05, 0) is 38.3 Å². The van der Waals surface area contributed by atoms with Crippen molar-refractivity contribution in [3.05, 3.63) is 0 Å². The maximum atomic E-state index is 12.6. The summed E-state index contributed by atoms with van der Waals surface area (Å²) in [7, 11) is 3.23. The topological polar surface area (TPSA) is 67.4 Å². The second kappa shape index (κ2) is 7.48. The number of carbonyl (C=O) groups is 2. The Labute approximate surface area is 115 Å². The molecule has 0 aromatic heterocycles. The fourth-order valence-electron chi connectivity index (χ4n) is 2.90. The van der Waals surface area contributed by atoms with Crippen molar-refractivity contribution in [2.45, 2.75) is 39.2 Å². The predicted octanol–water partition coefficient (Wildman–Crippen LogP) is 1.57. The number of nitrogens with one attached hydrogen (secondary N) is 2. The Morgan fingerprint density at radius 3 is 2.53 bits per heavy atom. The summed E-state index contributed by atoms with van der Waals surface area (Å²) in [6.07, 6.45) is 2.57. The third-order valence-corrected chi connectivity index (χ3v) is 3.92. The van der Waals surface area contributed by atoms with Crippen LogP contribution < -0.4 is 10.6 Å². The Hall–Kier alpha value is -1.10. The summed E-state index contributed by atoms with van der Waals surface area (Å²) in [6, 6.07) is -0.449. The van der Waals surface area contributed by atoms with Gasteiger partial charge in [0.15, 0.2) is 5.78 Å². The molecule has 3 atom stereocenters. The van der Waals surface area contributed by atoms with Crippen molar-refractivity contribution < 1.29 is 14.3 Å². The Morgan fingerprint density at radius 2 is 2.00 bits per heavy atom. The highest BCUT2D eigenvalue weighted by Gasteiger charge is 2.37. The fourth-order valence-corrected chi connectivity index (χ4v) is 2.90. The standard InChI is InChI=1S/C14H26N2O3/c1-9(2)12(16-14(18)19-4)13(17)11-7-5-6-10(11)8-15-3/h9-12,15H,5-8H2,1-4H3,(H,16,18). The van der Waals surface area contributed by atoms with Crippen LogP contribution in [0.4, 0.5) is 4.79 Å². The Kier molecular flexibility index (Phi) is 6.28. The van der Waals surface area contributed by atoms with E-state index in [9.17, 15) is 9.59 Å². The molecule has 0 spiro atoms. The van der Waals surface area contributed by atoms with Gasteiger partial charge in [0, 0.05) is 5.92 Å². The summed E-state index contributed by atoms with van der Waals surface area (Å²) in [5.41, 5.74) is 0. The highest BCUT2D eigenvalue weighted by atomic mass is 16.5. The van der Waals surface area contributed by atoms with Gasteiger partial charge in [-0.1, -0.05) is 20.3 Å². The number of carbonyl (C=O) groups excluding carboxylic acids is 2. The van der Waals surface area contributed by atoms with Gasteiger partial charge in [-0.3, -0.25) is 4.79 Å². The van der Waals surface area contributed by atoms with Crippen molar-refractivity contribution in [1.82, 2.24) is 10.6 Å². The molecule has 0 aromatic carbocycles. The number of alkyl carbamates (subject to hydrolysis) is 1. The lowest BCUT2D eigenvalue weighted by molar-refractivity contribution is -0.126. The van der Waals surface area contributed by atoms with E-state index in [1.54, 1.807) is 0 Å². The molecule has 0 saturated heterocycles. The molecule has 2 N–H and O–H groups in total. The molecule has 19 heavy (non-hydrogen) atoms. The van der Waals surface area contributed by atoms with E-state index in [0.717, 1.165) is 25.8 Å². The van der Waals surface area contributed by atoms with Gasteiger partial charge in [-0.25, -0.2) is 4.79 Å². The molecule has 110 valence electrons. The predicted molar refractivity (Wildman–Crippen MR) is 73.9 cm³/mol. The largest absolute Gasteiger partial charge is 0.453 e. The van der Waals surface area contributed by atoms with Gasteiger partial charge in [-0.15, -0.1) is 0 Å². The smallest absolute Gasteiger partial charge is 0.407 e. The molecule has 0 radical (unpaired) electrons. The molecule has 5 nitrogen and oxygen atoms in total. The summed E-state index contributed by atoms with van der Waals surface area (Å²) >= 11 is 0. The molecule has 1 saturated carbocycles. The van der Waals surface area contributed by atoms with E-state index in [4.69, 9.17) is 0 Å². The highest BCUT2D eigenvalue weighted by molar-refractivity contribution is 5.89. The normalized spacial score (nSPS) is 24.3. The van der Waals surface area contributed by atoms with Crippen LogP contribution in [0.25, 0.3) is 0 Å². The summed E-state index contributed by atoms with van der Waals surface area (Å²) < 4.78 is 4.60. The number of ketones is 1. The van der Waals surface area contributed by atoms with Crippen LogP contribution in [0.3, 0.4) is 0 Å². The lowest BCUT2D eigenvalue weighted by atomic mass is 9.84. The molecule has 1 amide bonds. The quantitative estimate of drug-likeness (QED) is 0.769. The van der Waals surface area contributed by atoms with E-state index < -0.39 is 12.1 Å². The highest BCUT2D eigenvalue weighted by Crippen LogP contribution is 2.33. The average molecular weight is 270 g/mol. The van der Waals surface area contributed by atoms with E-state index >= 15 is 0 Å². The summed E-state index contributed by atoms with van der Waals surface area (Å²) in [6.45, 7) is 4.75. The summed E-state index contributed by atoms with van der Waals surface area (Å²) in [5, 5.41) is 5.82. The van der Waals surface area contributed by atoms with Crippen molar-refractivity contribution in [2.24, 2.45) is 17.8 Å². The van der Waals surface area contributed by atoms with Gasteiger partial charge in [0.25, 0.3) is 0 Å². The minimum Gasteiger partial charge on any atom is -0.453 e. The first-order chi connectivity index (χ1) is 9.01.